The third-order valence-electron chi connectivity index (χ3n) is 3.81. The topological polar surface area (TPSA) is 59.4 Å². The summed E-state index contributed by atoms with van der Waals surface area (Å²) in [4.78, 5) is 9.23. The zero-order valence-electron chi connectivity index (χ0n) is 13.0. The average Bonchev–Trinajstić information content (AvgIpc) is 3.17. The first-order valence-electron chi connectivity index (χ1n) is 7.06. The molecule has 0 saturated carbocycles. The van der Waals surface area contributed by atoms with E-state index in [9.17, 15) is 0 Å². The third-order valence-corrected chi connectivity index (χ3v) is 4.81. The fraction of sp³-hybridized carbons (Fsp3) is 0.188. The maximum Gasteiger partial charge on any atom is 0.195 e. The molecule has 5 nitrogen and oxygen atoms in total. The summed E-state index contributed by atoms with van der Waals surface area (Å²) in [5.41, 5.74) is 6.26. The van der Waals surface area contributed by atoms with Crippen LogP contribution in [0.25, 0.3) is 26.7 Å². The molecule has 0 aromatic carbocycles. The van der Waals surface area contributed by atoms with Gasteiger partial charge in [0.2, 0.25) is 0 Å². The molecule has 4 heterocycles. The number of hydrogen-bond acceptors (Lipinski definition) is 4. The van der Waals surface area contributed by atoms with Crippen molar-refractivity contribution in [3.63, 3.8) is 0 Å². The first kappa shape index (κ1) is 15.7. The highest BCUT2D eigenvalue weighted by Crippen LogP contribution is 2.30. The van der Waals surface area contributed by atoms with E-state index in [0.29, 0.717) is 0 Å². The van der Waals surface area contributed by atoms with Gasteiger partial charge in [-0.1, -0.05) is 11.3 Å². The smallest absolute Gasteiger partial charge is 0.195 e. The van der Waals surface area contributed by atoms with E-state index < -0.39 is 0 Å². The summed E-state index contributed by atoms with van der Waals surface area (Å²) < 4.78 is 3.30. The van der Waals surface area contributed by atoms with Crippen molar-refractivity contribution in [2.75, 3.05) is 0 Å². The highest BCUT2D eigenvalue weighted by atomic mass is 35.5. The number of fused-ring (bicyclic) bond motifs is 1. The Labute approximate surface area is 143 Å². The lowest BCUT2D eigenvalue weighted by molar-refractivity contribution is 0.955. The summed E-state index contributed by atoms with van der Waals surface area (Å²) in [6.07, 6.45) is 3.64. The Balaban J connectivity index is 0.00000156. The van der Waals surface area contributed by atoms with Crippen LogP contribution >= 0.6 is 23.7 Å². The van der Waals surface area contributed by atoms with Crippen molar-refractivity contribution in [1.29, 1.82) is 0 Å². The van der Waals surface area contributed by atoms with Crippen LogP contribution in [0.5, 0.6) is 0 Å². The molecule has 0 amide bonds. The van der Waals surface area contributed by atoms with Gasteiger partial charge in [-0.05, 0) is 44.5 Å². The van der Waals surface area contributed by atoms with Crippen LogP contribution in [0.4, 0.5) is 0 Å². The first-order chi connectivity index (χ1) is 10.6. The molecule has 4 rings (SSSR count). The van der Waals surface area contributed by atoms with Gasteiger partial charge in [-0.2, -0.15) is 5.10 Å². The molecule has 0 spiro atoms. The SMILES string of the molecule is Cc1cn[nH]c1-c1cc2sc(-n3c(C)ccc3C)nc2cn1.Cl. The van der Waals surface area contributed by atoms with Crippen molar-refractivity contribution in [2.24, 2.45) is 0 Å². The molecule has 118 valence electrons. The Morgan fingerprint density at radius 2 is 1.83 bits per heavy atom. The summed E-state index contributed by atoms with van der Waals surface area (Å²) in [6, 6.07) is 6.29. The van der Waals surface area contributed by atoms with Gasteiger partial charge in [-0.3, -0.25) is 14.6 Å². The molecule has 7 heteroatoms. The summed E-state index contributed by atoms with van der Waals surface area (Å²) >= 11 is 1.68. The number of thiazole rings is 1. The van der Waals surface area contributed by atoms with E-state index in [-0.39, 0.29) is 12.4 Å². The Morgan fingerprint density at radius 1 is 1.09 bits per heavy atom. The monoisotopic (exact) mass is 345 g/mol. The number of aromatic amines is 1. The molecule has 0 aliphatic heterocycles. The van der Waals surface area contributed by atoms with E-state index >= 15 is 0 Å². The van der Waals surface area contributed by atoms with Crippen LogP contribution in [0.15, 0.2) is 30.6 Å². The van der Waals surface area contributed by atoms with E-state index in [4.69, 9.17) is 4.98 Å². The van der Waals surface area contributed by atoms with Gasteiger partial charge in [-0.25, -0.2) is 4.98 Å². The van der Waals surface area contributed by atoms with Gasteiger partial charge in [0.1, 0.15) is 5.52 Å². The van der Waals surface area contributed by atoms with Crippen molar-refractivity contribution in [3.05, 3.63) is 47.5 Å². The Kier molecular flexibility index (Phi) is 3.95. The van der Waals surface area contributed by atoms with Crippen LogP contribution in [0.1, 0.15) is 17.0 Å². The minimum Gasteiger partial charge on any atom is -0.295 e. The molecule has 0 bridgehead atoms. The van der Waals surface area contributed by atoms with Crippen molar-refractivity contribution in [3.8, 4) is 16.5 Å². The quantitative estimate of drug-likeness (QED) is 0.591. The number of nitrogens with one attached hydrogen (secondary N) is 1. The van der Waals surface area contributed by atoms with Crippen molar-refractivity contribution >= 4 is 34.0 Å². The van der Waals surface area contributed by atoms with Crippen LogP contribution in [0.3, 0.4) is 0 Å². The number of pyridine rings is 1. The van der Waals surface area contributed by atoms with Gasteiger partial charge in [0.05, 0.1) is 28.5 Å². The zero-order chi connectivity index (χ0) is 15.3. The number of rotatable bonds is 2. The maximum absolute atomic E-state index is 4.71. The molecule has 0 radical (unpaired) electrons. The lowest BCUT2D eigenvalue weighted by atomic mass is 10.2. The van der Waals surface area contributed by atoms with Gasteiger partial charge in [0.25, 0.3) is 0 Å². The summed E-state index contributed by atoms with van der Waals surface area (Å²) in [7, 11) is 0. The van der Waals surface area contributed by atoms with Crippen LogP contribution in [0.2, 0.25) is 0 Å². The van der Waals surface area contributed by atoms with E-state index in [2.05, 4.69) is 51.8 Å². The van der Waals surface area contributed by atoms with Gasteiger partial charge in [-0.15, -0.1) is 12.4 Å². The fourth-order valence-corrected chi connectivity index (χ4v) is 3.72. The number of aromatic nitrogens is 5. The fourth-order valence-electron chi connectivity index (χ4n) is 2.63. The van der Waals surface area contributed by atoms with E-state index in [1.165, 1.54) is 11.4 Å². The molecule has 0 fully saturated rings. The lowest BCUT2D eigenvalue weighted by Gasteiger charge is -2.03. The van der Waals surface area contributed by atoms with E-state index in [0.717, 1.165) is 32.3 Å². The zero-order valence-corrected chi connectivity index (χ0v) is 14.6. The number of hydrogen-bond donors (Lipinski definition) is 1. The second-order valence-electron chi connectivity index (χ2n) is 5.41. The van der Waals surface area contributed by atoms with Crippen LogP contribution < -0.4 is 0 Å². The molecule has 0 aliphatic carbocycles. The average molecular weight is 346 g/mol. The van der Waals surface area contributed by atoms with Gasteiger partial charge < -0.3 is 0 Å². The molecular weight excluding hydrogens is 330 g/mol. The van der Waals surface area contributed by atoms with Gasteiger partial charge in [0.15, 0.2) is 5.13 Å². The molecule has 1 N–H and O–H groups in total. The van der Waals surface area contributed by atoms with Crippen molar-refractivity contribution in [2.45, 2.75) is 20.8 Å². The predicted molar refractivity (Wildman–Crippen MR) is 95.8 cm³/mol. The summed E-state index contributed by atoms with van der Waals surface area (Å²) in [5.74, 6) is 0. The Morgan fingerprint density at radius 3 is 2.48 bits per heavy atom. The molecule has 4 aromatic rings. The number of H-pyrrole nitrogens is 1. The molecular formula is C16H16ClN5S. The number of nitrogens with zero attached hydrogens (tertiary/aromatic N) is 4. The lowest BCUT2D eigenvalue weighted by Crippen LogP contribution is -1.97. The Hall–Kier alpha value is -2.18. The molecule has 0 atom stereocenters. The Bertz CT molecular complexity index is 962. The number of halogens is 1. The summed E-state index contributed by atoms with van der Waals surface area (Å²) in [6.45, 7) is 6.21. The van der Waals surface area contributed by atoms with Gasteiger partial charge >= 0.3 is 0 Å². The van der Waals surface area contributed by atoms with Crippen molar-refractivity contribution in [1.82, 2.24) is 24.7 Å². The predicted octanol–water partition coefficient (Wildman–Crippen LogP) is 4.22. The highest BCUT2D eigenvalue weighted by Gasteiger charge is 2.12. The standard InChI is InChI=1S/C16H15N5S.ClH/c1-9-7-18-20-15(9)12-6-14-13(8-17-12)19-16(22-14)21-10(2)4-5-11(21)3;/h4-8H,1-3H3,(H,18,20);1H. The second-order valence-corrected chi connectivity index (χ2v) is 6.42. The normalized spacial score (nSPS) is 10.9. The minimum atomic E-state index is 0. The molecule has 23 heavy (non-hydrogen) atoms. The highest BCUT2D eigenvalue weighted by molar-refractivity contribution is 7.20. The maximum atomic E-state index is 4.71. The van der Waals surface area contributed by atoms with E-state index in [1.807, 2.05) is 19.3 Å². The molecule has 4 aromatic heterocycles. The van der Waals surface area contributed by atoms with Crippen LogP contribution in [-0.4, -0.2) is 24.7 Å². The largest absolute Gasteiger partial charge is 0.295 e. The minimum absolute atomic E-state index is 0. The van der Waals surface area contributed by atoms with Crippen molar-refractivity contribution < 1.29 is 0 Å². The third kappa shape index (κ3) is 2.54. The first-order valence-corrected chi connectivity index (χ1v) is 7.87. The molecule has 0 aliphatic rings. The molecule has 0 saturated heterocycles. The van der Waals surface area contributed by atoms with E-state index in [1.54, 1.807) is 11.3 Å². The second kappa shape index (κ2) is 5.79. The van der Waals surface area contributed by atoms with Crippen LogP contribution in [-0.2, 0) is 0 Å². The summed E-state index contributed by atoms with van der Waals surface area (Å²) in [5, 5.41) is 8.05. The number of aryl methyl sites for hydroxylation is 3. The van der Waals surface area contributed by atoms with Crippen LogP contribution in [0, 0.1) is 20.8 Å². The van der Waals surface area contributed by atoms with Gasteiger partial charge in [0, 0.05) is 11.4 Å². The molecule has 0 unspecified atom stereocenters.